The number of hydrogen-bond acceptors (Lipinski definition) is 2. The van der Waals surface area contributed by atoms with Crippen molar-refractivity contribution in [1.82, 2.24) is 4.90 Å². The predicted molar refractivity (Wildman–Crippen MR) is 71.3 cm³/mol. The SMILES string of the molecule is CCN(CC)C(O)/C=C(\C)CCC=C(C)C. The highest BCUT2D eigenvalue weighted by Gasteiger charge is 2.08. The van der Waals surface area contributed by atoms with Crippen molar-refractivity contribution in [3.63, 3.8) is 0 Å². The maximum absolute atomic E-state index is 9.92. The Labute approximate surface area is 101 Å². The van der Waals surface area contributed by atoms with E-state index in [0.717, 1.165) is 25.9 Å². The first-order chi connectivity index (χ1) is 7.51. The molecule has 0 radical (unpaired) electrons. The molecule has 0 aliphatic rings. The lowest BCUT2D eigenvalue weighted by Crippen LogP contribution is -2.33. The third-order valence-corrected chi connectivity index (χ3v) is 2.71. The summed E-state index contributed by atoms with van der Waals surface area (Å²) in [4.78, 5) is 2.03. The molecule has 0 saturated carbocycles. The number of rotatable bonds is 7. The quantitative estimate of drug-likeness (QED) is 0.530. The molecule has 0 spiro atoms. The van der Waals surface area contributed by atoms with E-state index in [2.05, 4.69) is 40.7 Å². The monoisotopic (exact) mass is 225 g/mol. The van der Waals surface area contributed by atoms with Gasteiger partial charge >= 0.3 is 0 Å². The van der Waals surface area contributed by atoms with Gasteiger partial charge in [0.15, 0.2) is 0 Å². The molecule has 0 fully saturated rings. The zero-order valence-electron chi connectivity index (χ0n) is 11.5. The molecule has 0 saturated heterocycles. The molecule has 0 heterocycles. The minimum absolute atomic E-state index is 0.429. The fourth-order valence-electron chi connectivity index (χ4n) is 1.63. The Morgan fingerprint density at radius 1 is 1.19 bits per heavy atom. The van der Waals surface area contributed by atoms with Crippen LogP contribution in [0.1, 0.15) is 47.5 Å². The van der Waals surface area contributed by atoms with Crippen molar-refractivity contribution in [3.8, 4) is 0 Å². The summed E-state index contributed by atoms with van der Waals surface area (Å²) in [5.74, 6) is 0. The van der Waals surface area contributed by atoms with Crippen molar-refractivity contribution < 1.29 is 5.11 Å². The Morgan fingerprint density at radius 3 is 2.19 bits per heavy atom. The van der Waals surface area contributed by atoms with Gasteiger partial charge in [-0.05, 0) is 52.8 Å². The normalized spacial score (nSPS) is 14.1. The summed E-state index contributed by atoms with van der Waals surface area (Å²) in [7, 11) is 0. The molecule has 0 amide bonds. The number of allylic oxidation sites excluding steroid dienone is 3. The van der Waals surface area contributed by atoms with Crippen molar-refractivity contribution >= 4 is 0 Å². The van der Waals surface area contributed by atoms with Crippen LogP contribution in [0.3, 0.4) is 0 Å². The van der Waals surface area contributed by atoms with Gasteiger partial charge in [0.2, 0.25) is 0 Å². The Morgan fingerprint density at radius 2 is 1.75 bits per heavy atom. The molecule has 0 aliphatic heterocycles. The molecule has 16 heavy (non-hydrogen) atoms. The molecular formula is C14H27NO. The number of aliphatic hydroxyl groups excluding tert-OH is 1. The molecule has 1 unspecified atom stereocenters. The molecule has 0 rings (SSSR count). The van der Waals surface area contributed by atoms with Crippen molar-refractivity contribution in [1.29, 1.82) is 0 Å². The summed E-state index contributed by atoms with van der Waals surface area (Å²) in [6, 6.07) is 0. The van der Waals surface area contributed by atoms with Crippen LogP contribution in [-0.4, -0.2) is 29.3 Å². The predicted octanol–water partition coefficient (Wildman–Crippen LogP) is 3.34. The third kappa shape index (κ3) is 6.81. The van der Waals surface area contributed by atoms with Crippen LogP contribution >= 0.6 is 0 Å². The summed E-state index contributed by atoms with van der Waals surface area (Å²) in [5.41, 5.74) is 2.62. The lowest BCUT2D eigenvalue weighted by atomic mass is 10.1. The van der Waals surface area contributed by atoms with Crippen LogP contribution < -0.4 is 0 Å². The standard InChI is InChI=1S/C14H27NO/c1-6-15(7-2)14(16)11-13(5)10-8-9-12(3)4/h9,11,14,16H,6-8,10H2,1-5H3/b13-11+. The van der Waals surface area contributed by atoms with Gasteiger partial charge in [0.05, 0.1) is 0 Å². The molecule has 2 nitrogen and oxygen atoms in total. The fourth-order valence-corrected chi connectivity index (χ4v) is 1.63. The molecule has 2 heteroatoms. The number of likely N-dealkylation sites (N-methyl/N-ethyl adjacent to an activating group) is 1. The summed E-state index contributed by atoms with van der Waals surface area (Å²) >= 11 is 0. The second-order valence-electron chi connectivity index (χ2n) is 4.47. The van der Waals surface area contributed by atoms with E-state index in [0.29, 0.717) is 0 Å². The highest BCUT2D eigenvalue weighted by atomic mass is 16.3. The van der Waals surface area contributed by atoms with E-state index in [-0.39, 0.29) is 0 Å². The molecule has 0 aromatic heterocycles. The van der Waals surface area contributed by atoms with Crippen molar-refractivity contribution in [2.75, 3.05) is 13.1 Å². The largest absolute Gasteiger partial charge is 0.375 e. The van der Waals surface area contributed by atoms with E-state index in [4.69, 9.17) is 0 Å². The Bertz CT molecular complexity index is 235. The molecular weight excluding hydrogens is 198 g/mol. The van der Waals surface area contributed by atoms with Gasteiger partial charge in [0.25, 0.3) is 0 Å². The molecule has 0 aromatic carbocycles. The van der Waals surface area contributed by atoms with E-state index in [1.807, 2.05) is 11.0 Å². The number of nitrogens with zero attached hydrogens (tertiary/aromatic N) is 1. The molecule has 0 aromatic rings. The first-order valence-corrected chi connectivity index (χ1v) is 6.24. The first kappa shape index (κ1) is 15.4. The minimum Gasteiger partial charge on any atom is -0.375 e. The fraction of sp³-hybridized carbons (Fsp3) is 0.714. The van der Waals surface area contributed by atoms with Crippen molar-refractivity contribution in [2.45, 2.75) is 53.7 Å². The lowest BCUT2D eigenvalue weighted by molar-refractivity contribution is 0.0494. The van der Waals surface area contributed by atoms with Crippen LogP contribution in [0.4, 0.5) is 0 Å². The van der Waals surface area contributed by atoms with E-state index in [9.17, 15) is 5.11 Å². The maximum Gasteiger partial charge on any atom is 0.126 e. The van der Waals surface area contributed by atoms with Crippen LogP contribution in [0.2, 0.25) is 0 Å². The van der Waals surface area contributed by atoms with Gasteiger partial charge in [-0.3, -0.25) is 4.90 Å². The molecule has 94 valence electrons. The Hall–Kier alpha value is -0.600. The zero-order chi connectivity index (χ0) is 12.6. The smallest absolute Gasteiger partial charge is 0.126 e. The topological polar surface area (TPSA) is 23.5 Å². The maximum atomic E-state index is 9.92. The van der Waals surface area contributed by atoms with Crippen LogP contribution in [-0.2, 0) is 0 Å². The van der Waals surface area contributed by atoms with Gasteiger partial charge in [-0.15, -0.1) is 0 Å². The summed E-state index contributed by atoms with van der Waals surface area (Å²) in [6.07, 6.45) is 5.87. The second kappa shape index (κ2) is 8.54. The Kier molecular flexibility index (Phi) is 8.22. The van der Waals surface area contributed by atoms with Crippen LogP contribution in [0.25, 0.3) is 0 Å². The third-order valence-electron chi connectivity index (χ3n) is 2.71. The van der Waals surface area contributed by atoms with Crippen LogP contribution in [0, 0.1) is 0 Å². The van der Waals surface area contributed by atoms with E-state index < -0.39 is 6.23 Å². The van der Waals surface area contributed by atoms with E-state index in [1.54, 1.807) is 0 Å². The average molecular weight is 225 g/mol. The number of aliphatic hydroxyl groups is 1. The zero-order valence-corrected chi connectivity index (χ0v) is 11.5. The first-order valence-electron chi connectivity index (χ1n) is 6.24. The van der Waals surface area contributed by atoms with Crippen molar-refractivity contribution in [3.05, 3.63) is 23.3 Å². The van der Waals surface area contributed by atoms with Gasteiger partial charge < -0.3 is 5.11 Å². The van der Waals surface area contributed by atoms with Crippen LogP contribution in [0.15, 0.2) is 23.3 Å². The highest BCUT2D eigenvalue weighted by Crippen LogP contribution is 2.09. The summed E-state index contributed by atoms with van der Waals surface area (Å²) < 4.78 is 0. The second-order valence-corrected chi connectivity index (χ2v) is 4.47. The van der Waals surface area contributed by atoms with Gasteiger partial charge in [0, 0.05) is 0 Å². The van der Waals surface area contributed by atoms with Gasteiger partial charge in [0.1, 0.15) is 6.23 Å². The lowest BCUT2D eigenvalue weighted by Gasteiger charge is -2.22. The molecule has 0 bridgehead atoms. The Balaban J connectivity index is 4.14. The van der Waals surface area contributed by atoms with Crippen LogP contribution in [0.5, 0.6) is 0 Å². The summed E-state index contributed by atoms with van der Waals surface area (Å²) in [6.45, 7) is 12.2. The van der Waals surface area contributed by atoms with Gasteiger partial charge in [-0.1, -0.05) is 31.1 Å². The molecule has 1 atom stereocenters. The van der Waals surface area contributed by atoms with E-state index in [1.165, 1.54) is 11.1 Å². The van der Waals surface area contributed by atoms with Gasteiger partial charge in [-0.2, -0.15) is 0 Å². The minimum atomic E-state index is -0.429. The van der Waals surface area contributed by atoms with E-state index >= 15 is 0 Å². The van der Waals surface area contributed by atoms with Crippen molar-refractivity contribution in [2.24, 2.45) is 0 Å². The summed E-state index contributed by atoms with van der Waals surface area (Å²) in [5, 5.41) is 9.92. The highest BCUT2D eigenvalue weighted by molar-refractivity contribution is 5.04. The van der Waals surface area contributed by atoms with Gasteiger partial charge in [-0.25, -0.2) is 0 Å². The molecule has 0 aliphatic carbocycles. The average Bonchev–Trinajstić information content (AvgIpc) is 2.18. The molecule has 1 N–H and O–H groups in total. The number of hydrogen-bond donors (Lipinski definition) is 1.